The Morgan fingerprint density at radius 1 is 1.45 bits per heavy atom. The van der Waals surface area contributed by atoms with E-state index in [1.165, 1.54) is 0 Å². The summed E-state index contributed by atoms with van der Waals surface area (Å²) in [6.07, 6.45) is 0.0288. The Hall–Kier alpha value is -1.36. The Labute approximate surface area is 127 Å². The van der Waals surface area contributed by atoms with Gasteiger partial charge in [0.25, 0.3) is 0 Å². The predicted octanol–water partition coefficient (Wildman–Crippen LogP) is 3.89. The third-order valence-electron chi connectivity index (χ3n) is 3.27. The fraction of sp³-hybridized carbons (Fsp3) is 0.267. The average molecular weight is 310 g/mol. The van der Waals surface area contributed by atoms with E-state index in [2.05, 4.69) is 0 Å². The van der Waals surface area contributed by atoms with Gasteiger partial charge in [-0.05, 0) is 48.2 Å². The van der Waals surface area contributed by atoms with Crippen LogP contribution < -0.4 is 5.73 Å². The number of carbonyl (C=O) groups is 1. The van der Waals surface area contributed by atoms with Crippen molar-refractivity contribution in [3.8, 4) is 10.4 Å². The van der Waals surface area contributed by atoms with Crippen LogP contribution in [-0.4, -0.2) is 17.6 Å². The van der Waals surface area contributed by atoms with Crippen molar-refractivity contribution in [3.05, 3.63) is 45.8 Å². The minimum absolute atomic E-state index is 0.0288. The van der Waals surface area contributed by atoms with Gasteiger partial charge >= 0.3 is 5.97 Å². The number of halogens is 1. The highest BCUT2D eigenvalue weighted by Gasteiger charge is 2.16. The van der Waals surface area contributed by atoms with Gasteiger partial charge in [0.05, 0.1) is 6.42 Å². The van der Waals surface area contributed by atoms with Crippen LogP contribution in [0.4, 0.5) is 0 Å². The minimum Gasteiger partial charge on any atom is -0.481 e. The zero-order valence-corrected chi connectivity index (χ0v) is 12.7. The molecule has 3 N–H and O–H groups in total. The van der Waals surface area contributed by atoms with Crippen LogP contribution in [0.5, 0.6) is 0 Å². The number of carboxylic acid groups (broad SMARTS) is 1. The van der Waals surface area contributed by atoms with Gasteiger partial charge in [-0.25, -0.2) is 0 Å². The van der Waals surface area contributed by atoms with Gasteiger partial charge in [-0.15, -0.1) is 11.3 Å². The summed E-state index contributed by atoms with van der Waals surface area (Å²) in [5.41, 5.74) is 8.72. The smallest absolute Gasteiger partial charge is 0.304 e. The summed E-state index contributed by atoms with van der Waals surface area (Å²) in [6.45, 7) is 2.34. The van der Waals surface area contributed by atoms with Gasteiger partial charge in [0.2, 0.25) is 0 Å². The largest absolute Gasteiger partial charge is 0.481 e. The van der Waals surface area contributed by atoms with Gasteiger partial charge in [-0.3, -0.25) is 4.79 Å². The van der Waals surface area contributed by atoms with Crippen LogP contribution in [0.3, 0.4) is 0 Å². The molecule has 0 amide bonds. The summed E-state index contributed by atoms with van der Waals surface area (Å²) in [5.74, 6) is -1.03. The molecule has 0 unspecified atom stereocenters. The number of carboxylic acids is 1. The topological polar surface area (TPSA) is 63.3 Å². The van der Waals surface area contributed by atoms with Crippen molar-refractivity contribution < 1.29 is 9.90 Å². The maximum Gasteiger partial charge on any atom is 0.304 e. The summed E-state index contributed by atoms with van der Waals surface area (Å²) in [7, 11) is 0. The average Bonchev–Trinajstić information content (AvgIpc) is 2.83. The van der Waals surface area contributed by atoms with E-state index in [1.54, 1.807) is 11.3 Å². The van der Waals surface area contributed by atoms with Crippen molar-refractivity contribution in [1.29, 1.82) is 0 Å². The van der Waals surface area contributed by atoms with Crippen molar-refractivity contribution in [2.24, 2.45) is 5.73 Å². The minimum atomic E-state index is -0.843. The van der Waals surface area contributed by atoms with Crippen LogP contribution in [-0.2, 0) is 4.79 Å². The Morgan fingerprint density at radius 3 is 2.75 bits per heavy atom. The molecule has 0 saturated carbocycles. The number of aryl methyl sites for hydroxylation is 1. The fourth-order valence-corrected chi connectivity index (χ4v) is 3.39. The van der Waals surface area contributed by atoms with Gasteiger partial charge in [0.1, 0.15) is 0 Å². The first kappa shape index (κ1) is 15.0. The number of aliphatic carboxylic acids is 1. The van der Waals surface area contributed by atoms with Crippen LogP contribution in [0.25, 0.3) is 10.4 Å². The quantitative estimate of drug-likeness (QED) is 0.880. The molecule has 0 aliphatic rings. The first-order valence-corrected chi connectivity index (χ1v) is 7.54. The number of benzene rings is 1. The van der Waals surface area contributed by atoms with Crippen LogP contribution in [0.2, 0.25) is 5.02 Å². The third kappa shape index (κ3) is 3.20. The second-order valence-corrected chi connectivity index (χ2v) is 6.03. The molecule has 20 heavy (non-hydrogen) atoms. The van der Waals surface area contributed by atoms with E-state index in [4.69, 9.17) is 22.4 Å². The summed E-state index contributed by atoms with van der Waals surface area (Å²) in [5, 5.41) is 11.6. The number of nitrogens with two attached hydrogens (primary N) is 1. The SMILES string of the molecule is Cc1ccsc1-c1cc([C@H](CN)CC(=O)O)ccc1Cl. The lowest BCUT2D eigenvalue weighted by Crippen LogP contribution is -2.16. The molecule has 0 saturated heterocycles. The highest BCUT2D eigenvalue weighted by molar-refractivity contribution is 7.13. The maximum atomic E-state index is 10.9. The summed E-state index contributed by atoms with van der Waals surface area (Å²) < 4.78 is 0. The van der Waals surface area contributed by atoms with Crippen molar-refractivity contribution in [2.45, 2.75) is 19.3 Å². The van der Waals surface area contributed by atoms with Crippen LogP contribution >= 0.6 is 22.9 Å². The van der Waals surface area contributed by atoms with E-state index in [1.807, 2.05) is 36.6 Å². The van der Waals surface area contributed by atoms with E-state index < -0.39 is 5.97 Å². The molecular formula is C15H16ClNO2S. The van der Waals surface area contributed by atoms with Crippen LogP contribution in [0, 0.1) is 6.92 Å². The molecule has 106 valence electrons. The molecule has 2 rings (SSSR count). The molecule has 0 bridgehead atoms. The molecule has 0 fully saturated rings. The molecular weight excluding hydrogens is 294 g/mol. The molecule has 0 radical (unpaired) electrons. The van der Waals surface area contributed by atoms with E-state index in [-0.39, 0.29) is 12.3 Å². The summed E-state index contributed by atoms with van der Waals surface area (Å²) in [6, 6.07) is 7.67. The van der Waals surface area contributed by atoms with Crippen LogP contribution in [0.15, 0.2) is 29.6 Å². The monoisotopic (exact) mass is 309 g/mol. The molecule has 0 aliphatic heterocycles. The lowest BCUT2D eigenvalue weighted by Gasteiger charge is -2.15. The fourth-order valence-electron chi connectivity index (χ4n) is 2.17. The highest BCUT2D eigenvalue weighted by atomic mass is 35.5. The highest BCUT2D eigenvalue weighted by Crippen LogP contribution is 2.36. The Morgan fingerprint density at radius 2 is 2.20 bits per heavy atom. The number of rotatable bonds is 5. The third-order valence-corrected chi connectivity index (χ3v) is 4.65. The Kier molecular flexibility index (Phi) is 4.81. The second kappa shape index (κ2) is 6.39. The first-order chi connectivity index (χ1) is 9.52. The molecule has 5 heteroatoms. The molecule has 2 aromatic rings. The summed E-state index contributed by atoms with van der Waals surface area (Å²) in [4.78, 5) is 12.0. The summed E-state index contributed by atoms with van der Waals surface area (Å²) >= 11 is 7.90. The standard InChI is InChI=1S/C15H16ClNO2S/c1-9-4-5-20-15(9)12-6-10(2-3-13(12)16)11(8-17)7-14(18)19/h2-6,11H,7-8,17H2,1H3,(H,18,19)/t11-/m0/s1. The lowest BCUT2D eigenvalue weighted by atomic mass is 9.93. The normalized spacial score (nSPS) is 12.3. The van der Waals surface area contributed by atoms with Gasteiger partial charge in [0, 0.05) is 21.4 Å². The van der Waals surface area contributed by atoms with Crippen molar-refractivity contribution in [3.63, 3.8) is 0 Å². The molecule has 1 heterocycles. The molecule has 1 aromatic carbocycles. The molecule has 3 nitrogen and oxygen atoms in total. The lowest BCUT2D eigenvalue weighted by molar-refractivity contribution is -0.137. The Bertz CT molecular complexity index is 624. The van der Waals surface area contributed by atoms with Crippen LogP contribution in [0.1, 0.15) is 23.5 Å². The second-order valence-electron chi connectivity index (χ2n) is 4.70. The molecule has 0 spiro atoms. The van der Waals surface area contributed by atoms with Crippen molar-refractivity contribution >= 4 is 28.9 Å². The zero-order chi connectivity index (χ0) is 14.7. The van der Waals surface area contributed by atoms with Crippen molar-refractivity contribution in [2.75, 3.05) is 6.54 Å². The molecule has 0 aliphatic carbocycles. The van der Waals surface area contributed by atoms with E-state index in [9.17, 15) is 4.79 Å². The molecule has 1 aromatic heterocycles. The maximum absolute atomic E-state index is 10.9. The van der Waals surface area contributed by atoms with Gasteiger partial charge in [0.15, 0.2) is 0 Å². The number of hydrogen-bond donors (Lipinski definition) is 2. The zero-order valence-electron chi connectivity index (χ0n) is 11.1. The van der Waals surface area contributed by atoms with E-state index >= 15 is 0 Å². The van der Waals surface area contributed by atoms with E-state index in [0.29, 0.717) is 11.6 Å². The van der Waals surface area contributed by atoms with Gasteiger partial charge < -0.3 is 10.8 Å². The first-order valence-electron chi connectivity index (χ1n) is 6.28. The number of thiophene rings is 1. The van der Waals surface area contributed by atoms with E-state index in [0.717, 1.165) is 21.6 Å². The van der Waals surface area contributed by atoms with Gasteiger partial charge in [-0.1, -0.05) is 17.7 Å². The predicted molar refractivity (Wildman–Crippen MR) is 83.6 cm³/mol. The molecule has 1 atom stereocenters. The number of hydrogen-bond acceptors (Lipinski definition) is 3. The Balaban J connectivity index is 2.43. The van der Waals surface area contributed by atoms with Gasteiger partial charge in [-0.2, -0.15) is 0 Å². The van der Waals surface area contributed by atoms with Crippen molar-refractivity contribution in [1.82, 2.24) is 0 Å².